The van der Waals surface area contributed by atoms with E-state index in [2.05, 4.69) is 0 Å². The van der Waals surface area contributed by atoms with Crippen LogP contribution in [0.3, 0.4) is 0 Å². The standard InChI is InChI=1S/C25H31FN2O4/c1-2-27(15-16-29)25(32)28(21-13-11-20(26)12-14-21)17-18-7-9-19(10-8-18)22-5-3-4-6-23(22)24(30)31/h7-14,22-23,29H,2-6,15-17H2,1H3,(H,30,31)/t22-,23+/m0/s1. The molecule has 7 heteroatoms. The van der Waals surface area contributed by atoms with Crippen molar-refractivity contribution in [2.45, 2.75) is 45.1 Å². The largest absolute Gasteiger partial charge is 0.481 e. The van der Waals surface area contributed by atoms with Crippen LogP contribution in [0.1, 0.15) is 49.7 Å². The number of hydrogen-bond acceptors (Lipinski definition) is 3. The van der Waals surface area contributed by atoms with Crippen LogP contribution in [-0.2, 0) is 11.3 Å². The van der Waals surface area contributed by atoms with E-state index in [1.165, 1.54) is 17.0 Å². The van der Waals surface area contributed by atoms with Crippen molar-refractivity contribution in [1.82, 2.24) is 4.90 Å². The fraction of sp³-hybridized carbons (Fsp3) is 0.440. The Labute approximate surface area is 188 Å². The lowest BCUT2D eigenvalue weighted by Gasteiger charge is -2.31. The second-order valence-electron chi connectivity index (χ2n) is 8.23. The number of aliphatic hydroxyl groups excluding tert-OH is 1. The predicted molar refractivity (Wildman–Crippen MR) is 121 cm³/mol. The van der Waals surface area contributed by atoms with Crippen LogP contribution in [0, 0.1) is 11.7 Å². The van der Waals surface area contributed by atoms with Crippen LogP contribution in [0.2, 0.25) is 0 Å². The molecule has 2 aromatic rings. The van der Waals surface area contributed by atoms with Crippen molar-refractivity contribution in [3.8, 4) is 0 Å². The zero-order valence-electron chi connectivity index (χ0n) is 18.4. The van der Waals surface area contributed by atoms with Crippen LogP contribution >= 0.6 is 0 Å². The first-order valence-corrected chi connectivity index (χ1v) is 11.2. The second kappa shape index (κ2) is 11.1. The molecule has 1 aliphatic carbocycles. The molecule has 172 valence electrons. The van der Waals surface area contributed by atoms with E-state index >= 15 is 0 Å². The normalized spacial score (nSPS) is 18.2. The number of anilines is 1. The van der Waals surface area contributed by atoms with Gasteiger partial charge in [0.15, 0.2) is 0 Å². The maximum atomic E-state index is 13.4. The summed E-state index contributed by atoms with van der Waals surface area (Å²) >= 11 is 0. The minimum atomic E-state index is -0.740. The molecular weight excluding hydrogens is 411 g/mol. The van der Waals surface area contributed by atoms with Gasteiger partial charge in [-0.25, -0.2) is 9.18 Å². The second-order valence-corrected chi connectivity index (χ2v) is 8.23. The molecule has 0 unspecified atom stereocenters. The molecule has 0 radical (unpaired) electrons. The molecule has 0 aromatic heterocycles. The Hall–Kier alpha value is -2.93. The third-order valence-electron chi connectivity index (χ3n) is 6.22. The van der Waals surface area contributed by atoms with Gasteiger partial charge in [-0.1, -0.05) is 37.1 Å². The summed E-state index contributed by atoms with van der Waals surface area (Å²) in [6.07, 6.45) is 3.54. The molecule has 1 fully saturated rings. The highest BCUT2D eigenvalue weighted by atomic mass is 19.1. The van der Waals surface area contributed by atoms with Crippen LogP contribution in [0.15, 0.2) is 48.5 Å². The Balaban J connectivity index is 1.83. The summed E-state index contributed by atoms with van der Waals surface area (Å²) in [5.41, 5.74) is 2.46. The quantitative estimate of drug-likeness (QED) is 0.625. The number of benzene rings is 2. The lowest BCUT2D eigenvalue weighted by Crippen LogP contribution is -2.44. The average molecular weight is 443 g/mol. The lowest BCUT2D eigenvalue weighted by atomic mass is 9.75. The molecule has 1 saturated carbocycles. The van der Waals surface area contributed by atoms with Crippen molar-refractivity contribution in [2.24, 2.45) is 5.92 Å². The fourth-order valence-corrected chi connectivity index (χ4v) is 4.45. The highest BCUT2D eigenvalue weighted by Gasteiger charge is 2.31. The van der Waals surface area contributed by atoms with E-state index in [-0.39, 0.29) is 43.4 Å². The van der Waals surface area contributed by atoms with Gasteiger partial charge in [0.25, 0.3) is 0 Å². The number of carboxylic acids is 1. The van der Waals surface area contributed by atoms with Crippen LogP contribution < -0.4 is 4.90 Å². The van der Waals surface area contributed by atoms with E-state index in [1.807, 2.05) is 31.2 Å². The molecular formula is C25H31FN2O4. The highest BCUT2D eigenvalue weighted by molar-refractivity contribution is 5.92. The van der Waals surface area contributed by atoms with Crippen LogP contribution in [0.5, 0.6) is 0 Å². The Morgan fingerprint density at radius 2 is 1.69 bits per heavy atom. The third kappa shape index (κ3) is 5.65. The maximum absolute atomic E-state index is 13.4. The van der Waals surface area contributed by atoms with Gasteiger partial charge in [-0.3, -0.25) is 9.69 Å². The van der Waals surface area contributed by atoms with E-state index in [0.29, 0.717) is 18.7 Å². The number of likely N-dealkylation sites (N-methyl/N-ethyl adjacent to an activating group) is 1. The lowest BCUT2D eigenvalue weighted by molar-refractivity contribution is -0.143. The number of aliphatic hydroxyl groups is 1. The fourth-order valence-electron chi connectivity index (χ4n) is 4.45. The number of carboxylic acid groups (broad SMARTS) is 1. The number of nitrogens with zero attached hydrogens (tertiary/aromatic N) is 2. The third-order valence-corrected chi connectivity index (χ3v) is 6.22. The van der Waals surface area contributed by atoms with Crippen LogP contribution in [-0.4, -0.2) is 46.8 Å². The molecule has 2 aromatic carbocycles. The van der Waals surface area contributed by atoms with Gasteiger partial charge in [0.05, 0.1) is 19.1 Å². The SMILES string of the molecule is CCN(CCO)C(=O)N(Cc1ccc([C@@H]2CCCC[C@H]2C(=O)O)cc1)c1ccc(F)cc1. The first-order chi connectivity index (χ1) is 15.4. The molecule has 0 saturated heterocycles. The molecule has 0 bridgehead atoms. The molecule has 32 heavy (non-hydrogen) atoms. The molecule has 0 heterocycles. The van der Waals surface area contributed by atoms with E-state index in [4.69, 9.17) is 0 Å². The molecule has 2 N–H and O–H groups in total. The van der Waals surface area contributed by atoms with E-state index in [9.17, 15) is 24.2 Å². The number of amides is 2. The first-order valence-electron chi connectivity index (χ1n) is 11.2. The van der Waals surface area contributed by atoms with Crippen molar-refractivity contribution in [3.05, 3.63) is 65.5 Å². The minimum absolute atomic E-state index is 0.00488. The average Bonchev–Trinajstić information content (AvgIpc) is 2.81. The number of carbonyl (C=O) groups excluding carboxylic acids is 1. The summed E-state index contributed by atoms with van der Waals surface area (Å²) in [5.74, 6) is -1.47. The smallest absolute Gasteiger partial charge is 0.324 e. The summed E-state index contributed by atoms with van der Waals surface area (Å²) < 4.78 is 13.4. The molecule has 3 rings (SSSR count). The van der Waals surface area contributed by atoms with E-state index in [1.54, 1.807) is 17.0 Å². The van der Waals surface area contributed by atoms with Crippen molar-refractivity contribution >= 4 is 17.7 Å². The number of urea groups is 1. The van der Waals surface area contributed by atoms with E-state index in [0.717, 1.165) is 30.4 Å². The van der Waals surface area contributed by atoms with Gasteiger partial charge in [0, 0.05) is 18.8 Å². The van der Waals surface area contributed by atoms with Gasteiger partial charge >= 0.3 is 12.0 Å². The van der Waals surface area contributed by atoms with Crippen molar-refractivity contribution in [2.75, 3.05) is 24.6 Å². The van der Waals surface area contributed by atoms with Gasteiger partial charge < -0.3 is 15.1 Å². The monoisotopic (exact) mass is 442 g/mol. The van der Waals surface area contributed by atoms with Gasteiger partial charge in [-0.15, -0.1) is 0 Å². The van der Waals surface area contributed by atoms with E-state index < -0.39 is 5.97 Å². The van der Waals surface area contributed by atoms with Crippen molar-refractivity contribution in [1.29, 1.82) is 0 Å². The number of carbonyl (C=O) groups is 2. The number of halogens is 1. The minimum Gasteiger partial charge on any atom is -0.481 e. The molecule has 0 aliphatic heterocycles. The van der Waals surface area contributed by atoms with Crippen molar-refractivity contribution in [3.63, 3.8) is 0 Å². The van der Waals surface area contributed by atoms with Crippen LogP contribution in [0.4, 0.5) is 14.9 Å². The maximum Gasteiger partial charge on any atom is 0.324 e. The Kier molecular flexibility index (Phi) is 8.22. The summed E-state index contributed by atoms with van der Waals surface area (Å²) in [5, 5.41) is 18.9. The van der Waals surface area contributed by atoms with Gasteiger partial charge in [0.2, 0.25) is 0 Å². The summed E-state index contributed by atoms with van der Waals surface area (Å²) in [6.45, 7) is 2.63. The number of hydrogen-bond donors (Lipinski definition) is 2. The zero-order chi connectivity index (χ0) is 23.1. The Morgan fingerprint density at radius 3 is 2.28 bits per heavy atom. The van der Waals surface area contributed by atoms with Crippen molar-refractivity contribution < 1.29 is 24.2 Å². The number of aliphatic carboxylic acids is 1. The first kappa shape index (κ1) is 23.7. The molecule has 2 atom stereocenters. The van der Waals surface area contributed by atoms with Gasteiger partial charge in [-0.2, -0.15) is 0 Å². The highest BCUT2D eigenvalue weighted by Crippen LogP contribution is 2.38. The summed E-state index contributed by atoms with van der Waals surface area (Å²) in [4.78, 5) is 27.9. The predicted octanol–water partition coefficient (Wildman–Crippen LogP) is 4.62. The number of rotatable bonds is 8. The Morgan fingerprint density at radius 1 is 1.03 bits per heavy atom. The van der Waals surface area contributed by atoms with Gasteiger partial charge in [0.1, 0.15) is 5.82 Å². The topological polar surface area (TPSA) is 81.1 Å². The molecule has 0 spiro atoms. The summed E-state index contributed by atoms with van der Waals surface area (Å²) in [7, 11) is 0. The Bertz CT molecular complexity index is 901. The molecule has 2 amide bonds. The van der Waals surface area contributed by atoms with Gasteiger partial charge in [-0.05, 0) is 61.1 Å². The molecule has 6 nitrogen and oxygen atoms in total. The van der Waals surface area contributed by atoms with Crippen LogP contribution in [0.25, 0.3) is 0 Å². The summed E-state index contributed by atoms with van der Waals surface area (Å²) in [6, 6.07) is 13.3. The molecule has 1 aliphatic rings. The zero-order valence-corrected chi connectivity index (χ0v) is 18.4.